The highest BCUT2D eigenvalue weighted by atomic mass is 16.5. The SMILES string of the molecule is CC(C)(C)CC(N)=O.CCCCC(=O)N1Cc2cc(OCC(N)=O)ccc2CC1C(=O)Nc1ccc(OC)cc1. The van der Waals surface area contributed by atoms with E-state index in [0.29, 0.717) is 43.0 Å². The van der Waals surface area contributed by atoms with Crippen molar-refractivity contribution in [2.45, 2.75) is 72.4 Å². The number of unbranched alkanes of at least 4 members (excludes halogenated alkanes) is 1. The number of methoxy groups -OCH3 is 1. The minimum atomic E-state index is -0.619. The molecular weight excluding hydrogens is 512 g/mol. The molecule has 0 aliphatic carbocycles. The van der Waals surface area contributed by atoms with Crippen LogP contribution in [0.2, 0.25) is 0 Å². The second kappa shape index (κ2) is 14.9. The molecular formula is C30H42N4O6. The molecule has 5 N–H and O–H groups in total. The molecule has 1 aliphatic rings. The average Bonchev–Trinajstić information content (AvgIpc) is 2.89. The Morgan fingerprint density at radius 3 is 2.15 bits per heavy atom. The fourth-order valence-corrected chi connectivity index (χ4v) is 4.20. The summed E-state index contributed by atoms with van der Waals surface area (Å²) in [5.41, 5.74) is 12.6. The quantitative estimate of drug-likeness (QED) is 0.408. The Morgan fingerprint density at radius 1 is 0.975 bits per heavy atom. The second-order valence-electron chi connectivity index (χ2n) is 11.0. The molecule has 10 heteroatoms. The highest BCUT2D eigenvalue weighted by Gasteiger charge is 2.34. The molecule has 0 aromatic heterocycles. The van der Waals surface area contributed by atoms with E-state index in [0.717, 1.165) is 24.0 Å². The van der Waals surface area contributed by atoms with Gasteiger partial charge < -0.3 is 31.2 Å². The maximum absolute atomic E-state index is 13.2. The first-order chi connectivity index (χ1) is 18.8. The average molecular weight is 555 g/mol. The van der Waals surface area contributed by atoms with Gasteiger partial charge in [0.25, 0.3) is 5.91 Å². The van der Waals surface area contributed by atoms with E-state index in [1.54, 1.807) is 48.4 Å². The molecule has 1 heterocycles. The predicted octanol–water partition coefficient (Wildman–Crippen LogP) is 3.55. The number of benzene rings is 2. The summed E-state index contributed by atoms with van der Waals surface area (Å²) in [7, 11) is 1.58. The largest absolute Gasteiger partial charge is 0.497 e. The third kappa shape index (κ3) is 10.6. The summed E-state index contributed by atoms with van der Waals surface area (Å²) in [6, 6.07) is 11.9. The molecule has 40 heavy (non-hydrogen) atoms. The van der Waals surface area contributed by atoms with Gasteiger partial charge in [-0.1, -0.05) is 40.2 Å². The van der Waals surface area contributed by atoms with Crippen LogP contribution < -0.4 is 26.3 Å². The van der Waals surface area contributed by atoms with Crippen molar-refractivity contribution in [3.05, 3.63) is 53.6 Å². The predicted molar refractivity (Wildman–Crippen MR) is 154 cm³/mol. The summed E-state index contributed by atoms with van der Waals surface area (Å²) in [4.78, 5) is 49.0. The van der Waals surface area contributed by atoms with E-state index in [9.17, 15) is 19.2 Å². The Kier molecular flexibility index (Phi) is 12.0. The van der Waals surface area contributed by atoms with Crippen LogP contribution in [0.15, 0.2) is 42.5 Å². The molecule has 0 spiro atoms. The van der Waals surface area contributed by atoms with Crippen LogP contribution in [0.4, 0.5) is 5.69 Å². The molecule has 0 radical (unpaired) electrons. The van der Waals surface area contributed by atoms with Gasteiger partial charge in [0.15, 0.2) is 6.61 Å². The van der Waals surface area contributed by atoms with Gasteiger partial charge in [-0.15, -0.1) is 0 Å². The molecule has 0 saturated carbocycles. The van der Waals surface area contributed by atoms with Gasteiger partial charge in [-0.25, -0.2) is 0 Å². The first-order valence-corrected chi connectivity index (χ1v) is 13.4. The Labute approximate surface area is 236 Å². The number of hydrogen-bond acceptors (Lipinski definition) is 6. The van der Waals surface area contributed by atoms with Crippen molar-refractivity contribution in [2.24, 2.45) is 16.9 Å². The molecule has 4 amide bonds. The number of amides is 4. The summed E-state index contributed by atoms with van der Waals surface area (Å²) in [6.07, 6.45) is 2.90. The van der Waals surface area contributed by atoms with Gasteiger partial charge in [-0.2, -0.15) is 0 Å². The standard InChI is InChI=1S/C24H29N3O5.C6H13NO/c1-3-4-5-23(29)27-14-17-12-20(32-15-22(25)28)9-6-16(17)13-21(27)24(30)26-18-7-10-19(31-2)11-8-18;1-6(2,3)4-5(7)8/h6-12,21H,3-5,13-15H2,1-2H3,(H2,25,28)(H,26,30);4H2,1-3H3,(H2,7,8). The van der Waals surface area contributed by atoms with Crippen molar-refractivity contribution in [2.75, 3.05) is 19.0 Å². The van der Waals surface area contributed by atoms with E-state index in [4.69, 9.17) is 20.9 Å². The summed E-state index contributed by atoms with van der Waals surface area (Å²) in [6.45, 7) is 8.06. The van der Waals surface area contributed by atoms with E-state index >= 15 is 0 Å². The highest BCUT2D eigenvalue weighted by molar-refractivity contribution is 5.97. The van der Waals surface area contributed by atoms with Crippen molar-refractivity contribution in [1.82, 2.24) is 4.90 Å². The summed E-state index contributed by atoms with van der Waals surface area (Å²) < 4.78 is 10.6. The third-order valence-electron chi connectivity index (χ3n) is 6.12. The molecule has 2 aromatic rings. The first-order valence-electron chi connectivity index (χ1n) is 13.4. The van der Waals surface area contributed by atoms with E-state index < -0.39 is 11.9 Å². The number of nitrogens with two attached hydrogens (primary N) is 2. The highest BCUT2D eigenvalue weighted by Crippen LogP contribution is 2.29. The summed E-state index contributed by atoms with van der Waals surface area (Å²) >= 11 is 0. The van der Waals surface area contributed by atoms with E-state index in [2.05, 4.69) is 5.32 Å². The zero-order valence-electron chi connectivity index (χ0n) is 24.1. The summed E-state index contributed by atoms with van der Waals surface area (Å²) in [5.74, 6) is 0.118. The number of primary amides is 2. The molecule has 1 unspecified atom stereocenters. The van der Waals surface area contributed by atoms with Crippen LogP contribution in [-0.2, 0) is 32.1 Å². The topological polar surface area (TPSA) is 154 Å². The Bertz CT molecular complexity index is 1170. The fraction of sp³-hybridized carbons (Fsp3) is 0.467. The molecule has 1 atom stereocenters. The molecule has 0 saturated heterocycles. The second-order valence-corrected chi connectivity index (χ2v) is 11.0. The molecule has 218 valence electrons. The number of hydrogen-bond donors (Lipinski definition) is 3. The molecule has 10 nitrogen and oxygen atoms in total. The van der Waals surface area contributed by atoms with Gasteiger partial charge in [0.2, 0.25) is 17.7 Å². The Hall–Kier alpha value is -4.08. The van der Waals surface area contributed by atoms with Gasteiger partial charge in [0, 0.05) is 31.5 Å². The van der Waals surface area contributed by atoms with Gasteiger partial charge >= 0.3 is 0 Å². The molecule has 0 bridgehead atoms. The van der Waals surface area contributed by atoms with Gasteiger partial charge in [0.1, 0.15) is 17.5 Å². The Balaban J connectivity index is 0.000000611. The zero-order valence-corrected chi connectivity index (χ0v) is 24.1. The number of nitrogens with zero attached hydrogens (tertiary/aromatic N) is 1. The van der Waals surface area contributed by atoms with Crippen LogP contribution in [-0.4, -0.2) is 48.3 Å². The minimum Gasteiger partial charge on any atom is -0.497 e. The smallest absolute Gasteiger partial charge is 0.255 e. The van der Waals surface area contributed by atoms with Gasteiger partial charge in [-0.05, 0) is 59.4 Å². The van der Waals surface area contributed by atoms with Crippen LogP contribution >= 0.6 is 0 Å². The molecule has 1 aliphatic heterocycles. The normalized spacial score (nSPS) is 14.2. The van der Waals surface area contributed by atoms with Crippen LogP contribution in [0.1, 0.15) is 64.5 Å². The molecule has 0 fully saturated rings. The van der Waals surface area contributed by atoms with E-state index in [1.807, 2.05) is 33.8 Å². The van der Waals surface area contributed by atoms with Crippen molar-refractivity contribution in [3.8, 4) is 11.5 Å². The lowest BCUT2D eigenvalue weighted by molar-refractivity contribution is -0.140. The monoisotopic (exact) mass is 554 g/mol. The van der Waals surface area contributed by atoms with Gasteiger partial charge in [0.05, 0.1) is 7.11 Å². The van der Waals surface area contributed by atoms with E-state index in [-0.39, 0.29) is 29.7 Å². The number of rotatable bonds is 10. The van der Waals surface area contributed by atoms with Gasteiger partial charge in [-0.3, -0.25) is 19.2 Å². The van der Waals surface area contributed by atoms with Crippen molar-refractivity contribution >= 4 is 29.3 Å². The molecule has 3 rings (SSSR count). The number of nitrogens with one attached hydrogen (secondary N) is 1. The fourth-order valence-electron chi connectivity index (χ4n) is 4.20. The molecule has 2 aromatic carbocycles. The number of carbonyl (C=O) groups is 4. The summed E-state index contributed by atoms with van der Waals surface area (Å²) in [5, 5.41) is 2.91. The maximum Gasteiger partial charge on any atom is 0.255 e. The Morgan fingerprint density at radius 2 is 1.62 bits per heavy atom. The number of fused-ring (bicyclic) bond motifs is 1. The lowest BCUT2D eigenvalue weighted by atomic mass is 9.92. The van der Waals surface area contributed by atoms with Crippen LogP contribution in [0.3, 0.4) is 0 Å². The first kappa shape index (κ1) is 32.1. The van der Waals surface area contributed by atoms with Crippen LogP contribution in [0.5, 0.6) is 11.5 Å². The lowest BCUT2D eigenvalue weighted by Crippen LogP contribution is -2.50. The number of carbonyl (C=O) groups excluding carboxylic acids is 4. The third-order valence-corrected chi connectivity index (χ3v) is 6.12. The number of anilines is 1. The van der Waals surface area contributed by atoms with Crippen molar-refractivity contribution < 1.29 is 28.7 Å². The van der Waals surface area contributed by atoms with Crippen LogP contribution in [0.25, 0.3) is 0 Å². The lowest BCUT2D eigenvalue weighted by Gasteiger charge is -2.36. The maximum atomic E-state index is 13.2. The van der Waals surface area contributed by atoms with Crippen molar-refractivity contribution in [1.29, 1.82) is 0 Å². The minimum absolute atomic E-state index is 0.0475. The zero-order chi connectivity index (χ0) is 29.9. The number of ether oxygens (including phenoxy) is 2. The van der Waals surface area contributed by atoms with Crippen LogP contribution in [0, 0.1) is 5.41 Å². The van der Waals surface area contributed by atoms with E-state index in [1.165, 1.54) is 0 Å². The van der Waals surface area contributed by atoms with Crippen molar-refractivity contribution in [3.63, 3.8) is 0 Å².